The Bertz CT molecular complexity index is 483. The number of oxazole rings is 1. The van der Waals surface area contributed by atoms with Crippen LogP contribution in [0.4, 0.5) is 0 Å². The molecule has 2 heterocycles. The van der Waals surface area contributed by atoms with Crippen molar-refractivity contribution in [2.75, 3.05) is 0 Å². The third kappa shape index (κ3) is 1.22. The van der Waals surface area contributed by atoms with Crippen molar-refractivity contribution in [2.45, 2.75) is 19.8 Å². The van der Waals surface area contributed by atoms with Gasteiger partial charge in [0.2, 0.25) is 0 Å². The van der Waals surface area contributed by atoms with E-state index in [1.54, 1.807) is 0 Å². The predicted molar refractivity (Wildman–Crippen MR) is 46.5 cm³/mol. The highest BCUT2D eigenvalue weighted by molar-refractivity contribution is 5.69. The summed E-state index contributed by atoms with van der Waals surface area (Å²) in [7, 11) is 0. The largest absolute Gasteiger partial charge is 0.418 e. The van der Waals surface area contributed by atoms with Gasteiger partial charge in [0.15, 0.2) is 11.2 Å². The maximum absolute atomic E-state index is 10.9. The predicted octanol–water partition coefficient (Wildman–Crippen LogP) is 1.03. The van der Waals surface area contributed by atoms with Crippen molar-refractivity contribution in [3.8, 4) is 0 Å². The lowest BCUT2D eigenvalue weighted by Crippen LogP contribution is -1.93. The highest BCUT2D eigenvalue weighted by atomic mass is 16.4. The highest BCUT2D eigenvalue weighted by Gasteiger charge is 2.11. The number of aromatic amines is 1. The molecule has 13 heavy (non-hydrogen) atoms. The Hall–Kier alpha value is -1.65. The summed E-state index contributed by atoms with van der Waals surface area (Å²) in [6.45, 7) is 3.96. The van der Waals surface area contributed by atoms with E-state index in [-0.39, 0.29) is 5.92 Å². The van der Waals surface area contributed by atoms with E-state index in [0.717, 1.165) is 5.69 Å². The van der Waals surface area contributed by atoms with Crippen LogP contribution < -0.4 is 5.76 Å². The number of nitrogens with one attached hydrogen (secondary N) is 1. The van der Waals surface area contributed by atoms with E-state index in [2.05, 4.69) is 15.0 Å². The lowest BCUT2D eigenvalue weighted by atomic mass is 10.1. The lowest BCUT2D eigenvalue weighted by molar-refractivity contribution is 0.547. The summed E-state index contributed by atoms with van der Waals surface area (Å²) in [6.07, 6.45) is 1.42. The first-order valence-corrected chi connectivity index (χ1v) is 4.02. The van der Waals surface area contributed by atoms with Crippen molar-refractivity contribution in [3.05, 3.63) is 22.6 Å². The van der Waals surface area contributed by atoms with Crippen LogP contribution in [-0.2, 0) is 0 Å². The van der Waals surface area contributed by atoms with Gasteiger partial charge in [-0.1, -0.05) is 13.8 Å². The van der Waals surface area contributed by atoms with Gasteiger partial charge in [-0.2, -0.15) is 0 Å². The van der Waals surface area contributed by atoms with E-state index in [1.807, 2.05) is 13.8 Å². The van der Waals surface area contributed by atoms with Crippen LogP contribution in [0.15, 0.2) is 15.5 Å². The normalized spacial score (nSPS) is 11.3. The molecule has 0 saturated carbocycles. The van der Waals surface area contributed by atoms with Gasteiger partial charge in [-0.05, 0) is 5.92 Å². The summed E-state index contributed by atoms with van der Waals surface area (Å²) in [6, 6.07) is 0. The second-order valence-corrected chi connectivity index (χ2v) is 3.11. The number of nitrogens with zero attached hydrogens (tertiary/aromatic N) is 2. The van der Waals surface area contributed by atoms with Crippen LogP contribution in [0.5, 0.6) is 0 Å². The zero-order valence-corrected chi connectivity index (χ0v) is 7.37. The summed E-state index contributed by atoms with van der Waals surface area (Å²) >= 11 is 0. The fraction of sp³-hybridized carbons (Fsp3) is 0.375. The van der Waals surface area contributed by atoms with Crippen LogP contribution in [0.3, 0.4) is 0 Å². The monoisotopic (exact) mass is 179 g/mol. The molecule has 0 radical (unpaired) electrons. The van der Waals surface area contributed by atoms with E-state index in [4.69, 9.17) is 4.42 Å². The molecule has 0 spiro atoms. The zero-order chi connectivity index (χ0) is 9.42. The molecule has 2 rings (SSSR count). The smallest absolute Gasteiger partial charge is 0.404 e. The van der Waals surface area contributed by atoms with Crippen molar-refractivity contribution in [2.24, 2.45) is 0 Å². The number of fused-ring (bicyclic) bond motifs is 1. The first-order valence-electron chi connectivity index (χ1n) is 4.02. The molecule has 5 heteroatoms. The van der Waals surface area contributed by atoms with Gasteiger partial charge in [0.25, 0.3) is 0 Å². The average molecular weight is 179 g/mol. The summed E-state index contributed by atoms with van der Waals surface area (Å²) in [4.78, 5) is 21.3. The second-order valence-electron chi connectivity index (χ2n) is 3.11. The Labute approximate surface area is 73.8 Å². The fourth-order valence-electron chi connectivity index (χ4n) is 1.20. The van der Waals surface area contributed by atoms with Gasteiger partial charge in [0.05, 0.1) is 5.69 Å². The molecule has 0 saturated heterocycles. The molecule has 5 nitrogen and oxygen atoms in total. The number of rotatable bonds is 1. The van der Waals surface area contributed by atoms with Crippen LogP contribution in [0, 0.1) is 0 Å². The molecule has 2 aromatic rings. The number of hydrogen-bond donors (Lipinski definition) is 1. The minimum Gasteiger partial charge on any atom is -0.404 e. The summed E-state index contributed by atoms with van der Waals surface area (Å²) in [5.41, 5.74) is 1.68. The van der Waals surface area contributed by atoms with E-state index < -0.39 is 5.76 Å². The molecule has 0 fully saturated rings. The molecule has 0 unspecified atom stereocenters. The molecule has 0 aliphatic rings. The maximum Gasteiger partial charge on any atom is 0.418 e. The Kier molecular flexibility index (Phi) is 1.65. The topological polar surface area (TPSA) is 71.8 Å². The Morgan fingerprint density at radius 3 is 2.92 bits per heavy atom. The molecule has 2 aromatic heterocycles. The van der Waals surface area contributed by atoms with Crippen LogP contribution in [0.1, 0.15) is 25.5 Å². The zero-order valence-electron chi connectivity index (χ0n) is 7.37. The van der Waals surface area contributed by atoms with Gasteiger partial charge < -0.3 is 4.42 Å². The van der Waals surface area contributed by atoms with Crippen LogP contribution in [-0.4, -0.2) is 15.0 Å². The van der Waals surface area contributed by atoms with Gasteiger partial charge in [0, 0.05) is 0 Å². The summed E-state index contributed by atoms with van der Waals surface area (Å²) < 4.78 is 4.92. The number of aromatic nitrogens is 3. The SMILES string of the molecule is CC(C)c1ncnc2[nH]c(=O)oc12. The van der Waals surface area contributed by atoms with Crippen LogP contribution >= 0.6 is 0 Å². The minimum absolute atomic E-state index is 0.212. The van der Waals surface area contributed by atoms with E-state index in [0.29, 0.717) is 11.2 Å². The fourth-order valence-corrected chi connectivity index (χ4v) is 1.20. The van der Waals surface area contributed by atoms with E-state index >= 15 is 0 Å². The first kappa shape index (κ1) is 7.97. The van der Waals surface area contributed by atoms with Gasteiger partial charge in [-0.25, -0.2) is 14.8 Å². The molecule has 0 aliphatic carbocycles. The summed E-state index contributed by atoms with van der Waals surface area (Å²) in [5.74, 6) is -0.276. The van der Waals surface area contributed by atoms with Crippen molar-refractivity contribution in [3.63, 3.8) is 0 Å². The molecule has 68 valence electrons. The van der Waals surface area contributed by atoms with Gasteiger partial charge >= 0.3 is 5.76 Å². The molecule has 0 aliphatic heterocycles. The molecule has 0 atom stereocenters. The standard InChI is InChI=1S/C8H9N3O2/c1-4(2)5-6-7(10-3-9-5)11-8(12)13-6/h3-4H,1-2H3,(H,9,10,11,12). The summed E-state index contributed by atoms with van der Waals surface area (Å²) in [5, 5.41) is 0. The first-order chi connectivity index (χ1) is 6.18. The number of hydrogen-bond acceptors (Lipinski definition) is 4. The average Bonchev–Trinajstić information content (AvgIpc) is 2.43. The molecule has 0 aromatic carbocycles. The Balaban J connectivity index is 2.82. The Morgan fingerprint density at radius 1 is 1.46 bits per heavy atom. The third-order valence-electron chi connectivity index (χ3n) is 1.79. The molecule has 1 N–H and O–H groups in total. The quantitative estimate of drug-likeness (QED) is 0.709. The lowest BCUT2D eigenvalue weighted by Gasteiger charge is -2.01. The molecule has 0 bridgehead atoms. The van der Waals surface area contributed by atoms with Gasteiger partial charge in [0.1, 0.15) is 6.33 Å². The van der Waals surface area contributed by atoms with Crippen molar-refractivity contribution < 1.29 is 4.42 Å². The highest BCUT2D eigenvalue weighted by Crippen LogP contribution is 2.18. The maximum atomic E-state index is 10.9. The third-order valence-corrected chi connectivity index (χ3v) is 1.79. The molecular formula is C8H9N3O2. The van der Waals surface area contributed by atoms with Gasteiger partial charge in [-0.15, -0.1) is 0 Å². The van der Waals surface area contributed by atoms with Crippen LogP contribution in [0.2, 0.25) is 0 Å². The molecular weight excluding hydrogens is 170 g/mol. The van der Waals surface area contributed by atoms with Crippen molar-refractivity contribution in [1.29, 1.82) is 0 Å². The van der Waals surface area contributed by atoms with Gasteiger partial charge in [-0.3, -0.25) is 4.98 Å². The van der Waals surface area contributed by atoms with Crippen LogP contribution in [0.25, 0.3) is 11.2 Å². The molecule has 0 amide bonds. The second kappa shape index (κ2) is 2.69. The van der Waals surface area contributed by atoms with Crippen molar-refractivity contribution in [1.82, 2.24) is 15.0 Å². The van der Waals surface area contributed by atoms with E-state index in [1.165, 1.54) is 6.33 Å². The minimum atomic E-state index is -0.489. The van der Waals surface area contributed by atoms with E-state index in [9.17, 15) is 4.79 Å². The number of H-pyrrole nitrogens is 1. The van der Waals surface area contributed by atoms with Crippen molar-refractivity contribution >= 4 is 11.2 Å². The Morgan fingerprint density at radius 2 is 2.23 bits per heavy atom.